The van der Waals surface area contributed by atoms with E-state index < -0.39 is 5.97 Å². The minimum Gasteiger partial charge on any atom is -0.477 e. The van der Waals surface area contributed by atoms with Gasteiger partial charge < -0.3 is 10.1 Å². The first-order chi connectivity index (χ1) is 8.65. The maximum atomic E-state index is 10.8. The van der Waals surface area contributed by atoms with Crippen molar-refractivity contribution in [1.82, 2.24) is 9.97 Å². The standard InChI is InChI=1S/C12H7ClN2O2S/c13-8-4-14-9-2-1-6(3-7(8)9)11-15-5-10(18-11)12(16)17/h1-5,14H,(H,16,17). The van der Waals surface area contributed by atoms with E-state index in [0.717, 1.165) is 27.8 Å². The van der Waals surface area contributed by atoms with Crippen LogP contribution in [-0.2, 0) is 0 Å². The molecule has 0 bridgehead atoms. The number of hydrogen-bond donors (Lipinski definition) is 2. The monoisotopic (exact) mass is 278 g/mol. The highest BCUT2D eigenvalue weighted by atomic mass is 35.5. The van der Waals surface area contributed by atoms with Gasteiger partial charge in [0.15, 0.2) is 0 Å². The van der Waals surface area contributed by atoms with Crippen LogP contribution in [0.2, 0.25) is 5.02 Å². The van der Waals surface area contributed by atoms with Crippen molar-refractivity contribution >= 4 is 39.8 Å². The molecule has 0 aliphatic rings. The van der Waals surface area contributed by atoms with Gasteiger partial charge in [0.25, 0.3) is 0 Å². The number of carboxylic acids is 1. The normalized spacial score (nSPS) is 10.9. The lowest BCUT2D eigenvalue weighted by Crippen LogP contribution is -1.89. The molecule has 0 unspecified atom stereocenters. The number of carboxylic acid groups (broad SMARTS) is 1. The second kappa shape index (κ2) is 4.12. The van der Waals surface area contributed by atoms with E-state index in [-0.39, 0.29) is 4.88 Å². The Labute approximate surface area is 111 Å². The fraction of sp³-hybridized carbons (Fsp3) is 0. The van der Waals surface area contributed by atoms with Crippen LogP contribution in [0.4, 0.5) is 0 Å². The SMILES string of the molecule is O=C(O)c1cnc(-c2ccc3[nH]cc(Cl)c3c2)s1. The topological polar surface area (TPSA) is 66.0 Å². The van der Waals surface area contributed by atoms with Gasteiger partial charge in [-0.1, -0.05) is 11.6 Å². The molecule has 0 aliphatic heterocycles. The molecule has 3 aromatic rings. The molecule has 1 aromatic carbocycles. The summed E-state index contributed by atoms with van der Waals surface area (Å²) in [7, 11) is 0. The Kier molecular flexibility index (Phi) is 2.57. The van der Waals surface area contributed by atoms with Crippen LogP contribution in [0, 0.1) is 0 Å². The average molecular weight is 279 g/mol. The van der Waals surface area contributed by atoms with Crippen molar-refractivity contribution in [3.05, 3.63) is 40.5 Å². The molecule has 2 N–H and O–H groups in total. The largest absolute Gasteiger partial charge is 0.477 e. The summed E-state index contributed by atoms with van der Waals surface area (Å²) < 4.78 is 0. The van der Waals surface area contributed by atoms with Crippen molar-refractivity contribution < 1.29 is 9.90 Å². The number of benzene rings is 1. The minimum absolute atomic E-state index is 0.227. The molecule has 4 nitrogen and oxygen atoms in total. The summed E-state index contributed by atoms with van der Waals surface area (Å²) >= 11 is 7.19. The first-order valence-corrected chi connectivity index (χ1v) is 6.31. The second-order valence-corrected chi connectivity index (χ2v) is 5.17. The number of aromatic carboxylic acids is 1. The second-order valence-electron chi connectivity index (χ2n) is 3.73. The van der Waals surface area contributed by atoms with E-state index in [1.54, 1.807) is 6.20 Å². The number of nitrogens with one attached hydrogen (secondary N) is 1. The number of fused-ring (bicyclic) bond motifs is 1. The van der Waals surface area contributed by atoms with Crippen LogP contribution in [0.15, 0.2) is 30.6 Å². The molecule has 0 amide bonds. The zero-order valence-corrected chi connectivity index (χ0v) is 10.5. The molecule has 0 aliphatic carbocycles. The molecule has 0 fully saturated rings. The number of halogens is 1. The summed E-state index contributed by atoms with van der Waals surface area (Å²) in [5.74, 6) is -0.959. The Morgan fingerprint density at radius 3 is 3.00 bits per heavy atom. The van der Waals surface area contributed by atoms with E-state index in [1.165, 1.54) is 6.20 Å². The summed E-state index contributed by atoms with van der Waals surface area (Å²) in [6.45, 7) is 0. The molecule has 6 heteroatoms. The number of hydrogen-bond acceptors (Lipinski definition) is 3. The number of aromatic nitrogens is 2. The minimum atomic E-state index is -0.959. The molecule has 2 heterocycles. The number of aromatic amines is 1. The van der Waals surface area contributed by atoms with E-state index in [1.807, 2.05) is 18.2 Å². The fourth-order valence-corrected chi connectivity index (χ4v) is 2.69. The van der Waals surface area contributed by atoms with Gasteiger partial charge in [-0.25, -0.2) is 9.78 Å². The third kappa shape index (κ3) is 1.77. The smallest absolute Gasteiger partial charge is 0.347 e. The number of H-pyrrole nitrogens is 1. The molecule has 0 spiro atoms. The molecule has 0 saturated heterocycles. The van der Waals surface area contributed by atoms with Crippen LogP contribution in [0.5, 0.6) is 0 Å². The van der Waals surface area contributed by atoms with E-state index in [4.69, 9.17) is 16.7 Å². The number of rotatable bonds is 2. The summed E-state index contributed by atoms with van der Waals surface area (Å²) in [4.78, 5) is 18.2. The third-order valence-electron chi connectivity index (χ3n) is 2.59. The Bertz CT molecular complexity index is 747. The first kappa shape index (κ1) is 11.3. The zero-order chi connectivity index (χ0) is 12.7. The molecule has 90 valence electrons. The lowest BCUT2D eigenvalue weighted by Gasteiger charge is -1.97. The molecular formula is C12H7ClN2O2S. The van der Waals surface area contributed by atoms with Crippen molar-refractivity contribution in [3.63, 3.8) is 0 Å². The van der Waals surface area contributed by atoms with Gasteiger partial charge in [0.2, 0.25) is 0 Å². The molecule has 0 saturated carbocycles. The Balaban J connectivity index is 2.12. The average Bonchev–Trinajstić information content (AvgIpc) is 2.96. The highest BCUT2D eigenvalue weighted by molar-refractivity contribution is 7.16. The van der Waals surface area contributed by atoms with Gasteiger partial charge in [-0.15, -0.1) is 11.3 Å². The highest BCUT2D eigenvalue weighted by Crippen LogP contribution is 2.30. The molecular weight excluding hydrogens is 272 g/mol. The van der Waals surface area contributed by atoms with Crippen LogP contribution >= 0.6 is 22.9 Å². The van der Waals surface area contributed by atoms with Gasteiger partial charge in [-0.3, -0.25) is 0 Å². The van der Waals surface area contributed by atoms with Gasteiger partial charge in [0.05, 0.1) is 11.2 Å². The molecule has 18 heavy (non-hydrogen) atoms. The van der Waals surface area contributed by atoms with Crippen LogP contribution in [-0.4, -0.2) is 21.0 Å². The predicted octanol–water partition coefficient (Wildman–Crippen LogP) is 3.64. The number of nitrogens with zero attached hydrogens (tertiary/aromatic N) is 1. The number of thiazole rings is 1. The predicted molar refractivity (Wildman–Crippen MR) is 71.4 cm³/mol. The molecule has 0 radical (unpaired) electrons. The zero-order valence-electron chi connectivity index (χ0n) is 8.98. The van der Waals surface area contributed by atoms with Gasteiger partial charge in [0.1, 0.15) is 9.88 Å². The summed E-state index contributed by atoms with van der Waals surface area (Å²) in [5, 5.41) is 11.1. The Hall–Kier alpha value is -1.85. The molecule has 2 aromatic heterocycles. The first-order valence-electron chi connectivity index (χ1n) is 5.11. The Morgan fingerprint density at radius 1 is 1.44 bits per heavy atom. The van der Waals surface area contributed by atoms with Crippen LogP contribution in [0.1, 0.15) is 9.67 Å². The van der Waals surface area contributed by atoms with Crippen molar-refractivity contribution in [1.29, 1.82) is 0 Å². The number of carbonyl (C=O) groups is 1. The van der Waals surface area contributed by atoms with Crippen LogP contribution < -0.4 is 0 Å². The molecule has 3 rings (SSSR count). The summed E-state index contributed by atoms with van der Waals surface area (Å²) in [5.41, 5.74) is 1.81. The van der Waals surface area contributed by atoms with Crippen molar-refractivity contribution in [3.8, 4) is 10.6 Å². The maximum absolute atomic E-state index is 10.8. The summed E-state index contributed by atoms with van der Waals surface area (Å²) in [6.07, 6.45) is 3.09. The van der Waals surface area contributed by atoms with Gasteiger partial charge in [-0.05, 0) is 18.2 Å². The lowest BCUT2D eigenvalue weighted by molar-refractivity contribution is 0.0702. The summed E-state index contributed by atoms with van der Waals surface area (Å²) in [6, 6.07) is 5.69. The van der Waals surface area contributed by atoms with Crippen LogP contribution in [0.25, 0.3) is 21.5 Å². The maximum Gasteiger partial charge on any atom is 0.347 e. The van der Waals surface area contributed by atoms with E-state index in [9.17, 15) is 4.79 Å². The van der Waals surface area contributed by atoms with E-state index in [0.29, 0.717) is 10.0 Å². The van der Waals surface area contributed by atoms with Crippen LogP contribution in [0.3, 0.4) is 0 Å². The van der Waals surface area contributed by atoms with Gasteiger partial charge in [0, 0.05) is 22.7 Å². The highest BCUT2D eigenvalue weighted by Gasteiger charge is 2.11. The van der Waals surface area contributed by atoms with E-state index in [2.05, 4.69) is 9.97 Å². The quantitative estimate of drug-likeness (QED) is 0.752. The van der Waals surface area contributed by atoms with Crippen molar-refractivity contribution in [2.24, 2.45) is 0 Å². The lowest BCUT2D eigenvalue weighted by atomic mass is 10.2. The van der Waals surface area contributed by atoms with E-state index >= 15 is 0 Å². The third-order valence-corrected chi connectivity index (χ3v) is 3.94. The van der Waals surface area contributed by atoms with Gasteiger partial charge in [-0.2, -0.15) is 0 Å². The Morgan fingerprint density at radius 2 is 2.28 bits per heavy atom. The fourth-order valence-electron chi connectivity index (χ4n) is 1.73. The van der Waals surface area contributed by atoms with Crippen molar-refractivity contribution in [2.75, 3.05) is 0 Å². The van der Waals surface area contributed by atoms with Crippen molar-refractivity contribution in [2.45, 2.75) is 0 Å². The van der Waals surface area contributed by atoms with Gasteiger partial charge >= 0.3 is 5.97 Å². The molecule has 0 atom stereocenters.